The number of benzene rings is 2. The lowest BCUT2D eigenvalue weighted by atomic mass is 9.96. The summed E-state index contributed by atoms with van der Waals surface area (Å²) < 4.78 is 25.0. The molecule has 2 aromatic carbocycles. The van der Waals surface area contributed by atoms with Gasteiger partial charge >= 0.3 is 0 Å². The van der Waals surface area contributed by atoms with Gasteiger partial charge in [0, 0.05) is 43.8 Å². The molecule has 0 aliphatic carbocycles. The zero-order chi connectivity index (χ0) is 26.5. The first-order chi connectivity index (χ1) is 17.5. The Hall–Kier alpha value is -3.96. The molecule has 0 spiro atoms. The van der Waals surface area contributed by atoms with Crippen LogP contribution in [0.3, 0.4) is 0 Å². The van der Waals surface area contributed by atoms with Crippen molar-refractivity contribution >= 4 is 32.6 Å². The fourth-order valence-electron chi connectivity index (χ4n) is 4.78. The van der Waals surface area contributed by atoms with Gasteiger partial charge in [-0.1, -0.05) is 37.4 Å². The number of nitrogens with zero attached hydrogens (tertiary/aromatic N) is 4. The maximum absolute atomic E-state index is 12.9. The number of aliphatic hydroxyl groups excluding tert-OH is 1. The normalized spacial score (nSPS) is 18.5. The van der Waals surface area contributed by atoms with Crippen LogP contribution in [0.1, 0.15) is 17.4 Å². The first-order valence-corrected chi connectivity index (χ1v) is 13.6. The molecule has 2 aliphatic rings. The van der Waals surface area contributed by atoms with Crippen molar-refractivity contribution in [2.24, 2.45) is 7.05 Å². The van der Waals surface area contributed by atoms with Crippen LogP contribution in [0.25, 0.3) is 22.0 Å². The molecule has 0 saturated carbocycles. The molecule has 3 aromatic rings. The van der Waals surface area contributed by atoms with E-state index >= 15 is 0 Å². The highest BCUT2D eigenvalue weighted by Crippen LogP contribution is 2.40. The van der Waals surface area contributed by atoms with E-state index in [0.717, 1.165) is 27.6 Å². The van der Waals surface area contributed by atoms with E-state index in [9.17, 15) is 23.1 Å². The zero-order valence-corrected chi connectivity index (χ0v) is 21.2. The maximum Gasteiger partial charge on any atom is 0.271 e. The molecule has 3 heterocycles. The summed E-state index contributed by atoms with van der Waals surface area (Å²) in [6.07, 6.45) is 0.846. The summed E-state index contributed by atoms with van der Waals surface area (Å²) >= 11 is 0. The summed E-state index contributed by atoms with van der Waals surface area (Å²) in [5, 5.41) is 18.9. The summed E-state index contributed by atoms with van der Waals surface area (Å²) in [6, 6.07) is 11.6. The molecule has 192 valence electrons. The van der Waals surface area contributed by atoms with Crippen LogP contribution < -0.4 is 5.32 Å². The van der Waals surface area contributed by atoms with Crippen LogP contribution in [0.2, 0.25) is 0 Å². The first-order valence-electron chi connectivity index (χ1n) is 11.7. The Morgan fingerprint density at radius 2 is 1.86 bits per heavy atom. The van der Waals surface area contributed by atoms with Crippen LogP contribution in [0.4, 0.5) is 0 Å². The number of aliphatic hydroxyl groups is 1. The summed E-state index contributed by atoms with van der Waals surface area (Å²) in [5.74, 6) is -1.47. The number of rotatable bonds is 5. The Morgan fingerprint density at radius 1 is 1.14 bits per heavy atom. The van der Waals surface area contributed by atoms with Crippen molar-refractivity contribution in [1.29, 1.82) is 0 Å². The minimum Gasteiger partial charge on any atom is -0.369 e. The van der Waals surface area contributed by atoms with Gasteiger partial charge in [0.25, 0.3) is 11.8 Å². The fourth-order valence-corrected chi connectivity index (χ4v) is 5.98. The second-order valence-corrected chi connectivity index (χ2v) is 11.6. The van der Waals surface area contributed by atoms with E-state index in [2.05, 4.69) is 23.6 Å². The molecule has 1 atom stereocenters. The molecular formula is C26H27N5O5S. The minimum atomic E-state index is -3.15. The summed E-state index contributed by atoms with van der Waals surface area (Å²) in [4.78, 5) is 28.4. The molecule has 37 heavy (non-hydrogen) atoms. The standard InChI is InChI=1S/C26H27N5O5S/c1-16(25(33)30-9-11-37(35,36)12-10-30)27-24(32)17(2)31-15-22-20(5-4-6-21(22)26(31)34)18-7-8-23-19(13-18)14-29(3)28-23/h4-8,13-14,26,34H,1-2,9-12,15H2,3H3,(H,27,32). The molecule has 5 rings (SSSR count). The zero-order valence-electron chi connectivity index (χ0n) is 20.3. The molecule has 0 radical (unpaired) electrons. The number of nitrogens with one attached hydrogen (secondary N) is 1. The van der Waals surface area contributed by atoms with Gasteiger partial charge in [0.05, 0.1) is 28.4 Å². The van der Waals surface area contributed by atoms with Crippen LogP contribution >= 0.6 is 0 Å². The van der Waals surface area contributed by atoms with Crippen molar-refractivity contribution in [3.63, 3.8) is 0 Å². The van der Waals surface area contributed by atoms with Gasteiger partial charge in [-0.25, -0.2) is 8.42 Å². The number of sulfone groups is 1. The fraction of sp³-hybridized carbons (Fsp3) is 0.269. The summed E-state index contributed by atoms with van der Waals surface area (Å²) in [5.41, 5.74) is 4.11. The average Bonchev–Trinajstić information content (AvgIpc) is 3.41. The van der Waals surface area contributed by atoms with Crippen molar-refractivity contribution < 1.29 is 23.1 Å². The molecule has 2 aliphatic heterocycles. The molecule has 1 unspecified atom stereocenters. The molecule has 2 amide bonds. The minimum absolute atomic E-state index is 0.0208. The maximum atomic E-state index is 12.9. The van der Waals surface area contributed by atoms with Crippen LogP contribution in [-0.2, 0) is 33.0 Å². The van der Waals surface area contributed by atoms with E-state index in [0.29, 0.717) is 5.56 Å². The van der Waals surface area contributed by atoms with Gasteiger partial charge in [0.2, 0.25) is 0 Å². The highest BCUT2D eigenvalue weighted by molar-refractivity contribution is 7.91. The van der Waals surface area contributed by atoms with Gasteiger partial charge in [-0.05, 0) is 28.8 Å². The summed E-state index contributed by atoms with van der Waals surface area (Å²) in [7, 11) is -1.29. The topological polar surface area (TPSA) is 125 Å². The van der Waals surface area contributed by atoms with Crippen molar-refractivity contribution in [2.45, 2.75) is 12.8 Å². The average molecular weight is 522 g/mol. The third-order valence-electron chi connectivity index (χ3n) is 6.81. The highest BCUT2D eigenvalue weighted by atomic mass is 32.2. The monoisotopic (exact) mass is 521 g/mol. The van der Waals surface area contributed by atoms with E-state index in [4.69, 9.17) is 0 Å². The smallest absolute Gasteiger partial charge is 0.271 e. The Balaban J connectivity index is 1.30. The Kier molecular flexibility index (Phi) is 6.12. The Morgan fingerprint density at radius 3 is 2.59 bits per heavy atom. The Bertz CT molecular complexity index is 1560. The first kappa shape index (κ1) is 24.7. The van der Waals surface area contributed by atoms with E-state index < -0.39 is 27.9 Å². The van der Waals surface area contributed by atoms with Gasteiger partial charge in [-0.3, -0.25) is 14.3 Å². The molecule has 2 N–H and O–H groups in total. The van der Waals surface area contributed by atoms with Gasteiger partial charge in [-0.15, -0.1) is 0 Å². The van der Waals surface area contributed by atoms with Crippen LogP contribution in [0, 0.1) is 0 Å². The predicted molar refractivity (Wildman–Crippen MR) is 138 cm³/mol. The van der Waals surface area contributed by atoms with Crippen molar-refractivity contribution in [1.82, 2.24) is 24.9 Å². The third-order valence-corrected chi connectivity index (χ3v) is 8.42. The predicted octanol–water partition coefficient (Wildman–Crippen LogP) is 1.45. The molecule has 10 nitrogen and oxygen atoms in total. The van der Waals surface area contributed by atoms with Gasteiger partial charge in [0.15, 0.2) is 16.1 Å². The van der Waals surface area contributed by atoms with Crippen molar-refractivity contribution in [2.75, 3.05) is 24.6 Å². The van der Waals surface area contributed by atoms with Gasteiger partial charge < -0.3 is 20.2 Å². The lowest BCUT2D eigenvalue weighted by Crippen LogP contribution is -2.46. The molecular weight excluding hydrogens is 494 g/mol. The number of carbonyl (C=O) groups excluding carboxylic acids is 2. The largest absolute Gasteiger partial charge is 0.369 e. The number of fused-ring (bicyclic) bond motifs is 2. The summed E-state index contributed by atoms with van der Waals surface area (Å²) in [6.45, 7) is 7.85. The molecule has 1 saturated heterocycles. The van der Waals surface area contributed by atoms with Crippen molar-refractivity contribution in [3.8, 4) is 11.1 Å². The number of aryl methyl sites for hydroxylation is 1. The Labute approximate surface area is 214 Å². The second kappa shape index (κ2) is 9.16. The molecule has 1 aromatic heterocycles. The van der Waals surface area contributed by atoms with Gasteiger partial charge in [0.1, 0.15) is 0 Å². The SMILES string of the molecule is C=C(NC(=O)C(=C)N1Cc2c(-c3ccc4nn(C)cc4c3)cccc2C1O)C(=O)N1CCS(=O)(=O)CC1. The lowest BCUT2D eigenvalue weighted by Gasteiger charge is -2.28. The highest BCUT2D eigenvalue weighted by Gasteiger charge is 2.34. The third kappa shape index (κ3) is 4.63. The second-order valence-electron chi connectivity index (χ2n) is 9.27. The number of carbonyl (C=O) groups is 2. The van der Waals surface area contributed by atoms with Crippen LogP contribution in [0.5, 0.6) is 0 Å². The van der Waals surface area contributed by atoms with Gasteiger partial charge in [-0.2, -0.15) is 5.10 Å². The van der Waals surface area contributed by atoms with Crippen molar-refractivity contribution in [3.05, 3.63) is 78.3 Å². The van der Waals surface area contributed by atoms with E-state index in [1.807, 2.05) is 49.6 Å². The van der Waals surface area contributed by atoms with E-state index in [-0.39, 0.29) is 42.5 Å². The van der Waals surface area contributed by atoms with E-state index in [1.165, 1.54) is 9.80 Å². The quantitative estimate of drug-likeness (QED) is 0.487. The number of amides is 2. The van der Waals surface area contributed by atoms with E-state index in [1.54, 1.807) is 4.68 Å². The van der Waals surface area contributed by atoms with Crippen LogP contribution in [-0.4, -0.2) is 69.5 Å². The number of hydrogen-bond acceptors (Lipinski definition) is 7. The van der Waals surface area contributed by atoms with Crippen LogP contribution in [0.15, 0.2) is 67.1 Å². The molecule has 11 heteroatoms. The molecule has 1 fully saturated rings. The number of hydrogen-bond donors (Lipinski definition) is 2. The number of aromatic nitrogens is 2. The lowest BCUT2D eigenvalue weighted by molar-refractivity contribution is -0.129. The molecule has 0 bridgehead atoms.